The number of carbonyl (C=O) groups is 2. The Balaban J connectivity index is 3.11. The lowest BCUT2D eigenvalue weighted by Crippen LogP contribution is -2.65. The fraction of sp³-hybridized carbons (Fsp3) is 0.429. The Hall–Kier alpha value is -2.09. The van der Waals surface area contributed by atoms with Gasteiger partial charge in [0.05, 0.1) is 13.2 Å². The maximum Gasteiger partial charge on any atom is 0.448 e. The molecule has 5 nitrogen and oxygen atoms in total. The number of hydrogen-bond acceptors (Lipinski definition) is 4. The summed E-state index contributed by atoms with van der Waals surface area (Å²) in [6.45, 7) is 1.39. The summed E-state index contributed by atoms with van der Waals surface area (Å²) >= 11 is 0. The molecule has 0 bridgehead atoms. The zero-order chi connectivity index (χ0) is 16.8. The molecule has 122 valence electrons. The van der Waals surface area contributed by atoms with Gasteiger partial charge in [0.2, 0.25) is 5.91 Å². The average molecular weight is 319 g/mol. The van der Waals surface area contributed by atoms with Gasteiger partial charge in [-0.3, -0.25) is 4.79 Å². The van der Waals surface area contributed by atoms with Gasteiger partial charge in [0.1, 0.15) is 0 Å². The van der Waals surface area contributed by atoms with Crippen molar-refractivity contribution in [1.82, 2.24) is 5.32 Å². The van der Waals surface area contributed by atoms with E-state index in [0.717, 1.165) is 6.92 Å². The molecule has 0 aliphatic carbocycles. The van der Waals surface area contributed by atoms with Crippen LogP contribution in [-0.2, 0) is 25.7 Å². The predicted molar refractivity (Wildman–Crippen MR) is 70.5 cm³/mol. The van der Waals surface area contributed by atoms with Crippen LogP contribution in [0, 0.1) is 0 Å². The molecule has 0 saturated heterocycles. The minimum atomic E-state index is -5.18. The Morgan fingerprint density at radius 3 is 2.23 bits per heavy atom. The van der Waals surface area contributed by atoms with Gasteiger partial charge >= 0.3 is 17.9 Å². The highest BCUT2D eigenvalue weighted by molar-refractivity contribution is 5.86. The Morgan fingerprint density at radius 2 is 1.77 bits per heavy atom. The summed E-state index contributed by atoms with van der Waals surface area (Å²) in [5.74, 6) is -2.79. The molecule has 1 N–H and O–H groups in total. The molecule has 0 spiro atoms. The molecule has 0 heterocycles. The second kappa shape index (κ2) is 7.26. The van der Waals surface area contributed by atoms with Crippen LogP contribution in [0.4, 0.5) is 13.2 Å². The quantitative estimate of drug-likeness (QED) is 0.645. The maximum atomic E-state index is 13.4. The van der Waals surface area contributed by atoms with E-state index >= 15 is 0 Å². The molecule has 1 aromatic carbocycles. The number of benzene rings is 1. The average Bonchev–Trinajstić information content (AvgIpc) is 2.43. The van der Waals surface area contributed by atoms with Crippen LogP contribution in [0.15, 0.2) is 30.3 Å². The molecular formula is C14H16F3NO4. The smallest absolute Gasteiger partial charge is 0.448 e. The van der Waals surface area contributed by atoms with Crippen molar-refractivity contribution in [2.45, 2.75) is 32.4 Å². The molecule has 1 rings (SSSR count). The largest absolute Gasteiger partial charge is 0.462 e. The van der Waals surface area contributed by atoms with Crippen molar-refractivity contribution in [3.63, 3.8) is 0 Å². The van der Waals surface area contributed by atoms with Gasteiger partial charge in [-0.1, -0.05) is 30.3 Å². The SMILES string of the molecule is CCOC(=O)[C@@](NC(C)=O)(OCc1ccccc1)C(F)(F)F. The van der Waals surface area contributed by atoms with E-state index < -0.39 is 30.4 Å². The van der Waals surface area contributed by atoms with Gasteiger partial charge in [-0.05, 0) is 12.5 Å². The zero-order valence-electron chi connectivity index (χ0n) is 12.1. The molecule has 0 unspecified atom stereocenters. The summed E-state index contributed by atoms with van der Waals surface area (Å²) < 4.78 is 49.3. The fourth-order valence-electron chi connectivity index (χ4n) is 1.66. The van der Waals surface area contributed by atoms with Crippen LogP contribution in [0.1, 0.15) is 19.4 Å². The Kier molecular flexibility index (Phi) is 5.92. The monoisotopic (exact) mass is 319 g/mol. The summed E-state index contributed by atoms with van der Waals surface area (Å²) in [5.41, 5.74) is -3.13. The lowest BCUT2D eigenvalue weighted by Gasteiger charge is -2.33. The molecule has 0 aromatic heterocycles. The van der Waals surface area contributed by atoms with Gasteiger partial charge in [-0.15, -0.1) is 0 Å². The van der Waals surface area contributed by atoms with Gasteiger partial charge in [-0.25, -0.2) is 4.79 Å². The number of nitrogens with one attached hydrogen (secondary N) is 1. The third kappa shape index (κ3) is 4.20. The van der Waals surface area contributed by atoms with Crippen LogP contribution in [-0.4, -0.2) is 30.4 Å². The lowest BCUT2D eigenvalue weighted by molar-refractivity contribution is -0.289. The molecule has 0 fully saturated rings. The minimum absolute atomic E-state index is 0.287. The van der Waals surface area contributed by atoms with Crippen LogP contribution in [0.5, 0.6) is 0 Å². The highest BCUT2D eigenvalue weighted by Crippen LogP contribution is 2.33. The minimum Gasteiger partial charge on any atom is -0.462 e. The van der Waals surface area contributed by atoms with E-state index in [4.69, 9.17) is 4.74 Å². The summed E-state index contributed by atoms with van der Waals surface area (Å²) in [6, 6.07) is 7.95. The van der Waals surface area contributed by atoms with E-state index in [2.05, 4.69) is 4.74 Å². The molecule has 0 saturated carbocycles. The van der Waals surface area contributed by atoms with Crippen molar-refractivity contribution in [3.8, 4) is 0 Å². The zero-order valence-corrected chi connectivity index (χ0v) is 12.1. The first-order valence-corrected chi connectivity index (χ1v) is 6.43. The second-order valence-corrected chi connectivity index (χ2v) is 4.35. The summed E-state index contributed by atoms with van der Waals surface area (Å²) in [4.78, 5) is 22.9. The molecule has 22 heavy (non-hydrogen) atoms. The number of halogens is 3. The first kappa shape index (κ1) is 18.0. The molecule has 0 aliphatic heterocycles. The van der Waals surface area contributed by atoms with Crippen LogP contribution in [0.3, 0.4) is 0 Å². The third-order valence-electron chi connectivity index (χ3n) is 2.61. The van der Waals surface area contributed by atoms with E-state index in [9.17, 15) is 22.8 Å². The van der Waals surface area contributed by atoms with Crippen molar-refractivity contribution in [3.05, 3.63) is 35.9 Å². The first-order chi connectivity index (χ1) is 10.2. The fourth-order valence-corrected chi connectivity index (χ4v) is 1.66. The number of hydrogen-bond donors (Lipinski definition) is 1. The van der Waals surface area contributed by atoms with E-state index in [1.807, 2.05) is 0 Å². The number of ether oxygens (including phenoxy) is 2. The Morgan fingerprint density at radius 1 is 1.18 bits per heavy atom. The first-order valence-electron chi connectivity index (χ1n) is 6.43. The van der Waals surface area contributed by atoms with Crippen LogP contribution < -0.4 is 5.32 Å². The number of alkyl halides is 3. The van der Waals surface area contributed by atoms with E-state index in [1.54, 1.807) is 18.2 Å². The summed E-state index contributed by atoms with van der Waals surface area (Å²) in [7, 11) is 0. The van der Waals surface area contributed by atoms with Gasteiger partial charge in [0.25, 0.3) is 0 Å². The number of esters is 1. The van der Waals surface area contributed by atoms with Crippen LogP contribution >= 0.6 is 0 Å². The lowest BCUT2D eigenvalue weighted by atomic mass is 10.2. The number of carbonyl (C=O) groups excluding carboxylic acids is 2. The molecule has 1 aromatic rings. The van der Waals surface area contributed by atoms with E-state index in [0.29, 0.717) is 5.56 Å². The number of rotatable bonds is 6. The highest BCUT2D eigenvalue weighted by Gasteiger charge is 2.64. The molecule has 0 aliphatic rings. The standard InChI is InChI=1S/C14H16F3NO4/c1-3-21-12(20)13(14(15,16)17,18-10(2)19)22-9-11-7-5-4-6-8-11/h4-8H,3,9H2,1-2H3,(H,18,19)/t13-/m1/s1. The summed E-state index contributed by atoms with van der Waals surface area (Å²) in [6.07, 6.45) is -5.18. The van der Waals surface area contributed by atoms with E-state index in [1.165, 1.54) is 24.4 Å². The van der Waals surface area contributed by atoms with Crippen LogP contribution in [0.2, 0.25) is 0 Å². The molecule has 8 heteroatoms. The van der Waals surface area contributed by atoms with Gasteiger partial charge < -0.3 is 14.8 Å². The molecule has 1 amide bonds. The predicted octanol–water partition coefficient (Wildman–Crippen LogP) is 2.16. The Bertz CT molecular complexity index is 519. The van der Waals surface area contributed by atoms with Crippen molar-refractivity contribution < 1.29 is 32.2 Å². The molecule has 1 atom stereocenters. The van der Waals surface area contributed by atoms with Crippen LogP contribution in [0.25, 0.3) is 0 Å². The molecular weight excluding hydrogens is 303 g/mol. The normalized spacial score (nSPS) is 14.0. The van der Waals surface area contributed by atoms with E-state index in [-0.39, 0.29) is 6.61 Å². The molecule has 0 radical (unpaired) electrons. The summed E-state index contributed by atoms with van der Waals surface area (Å²) in [5, 5.41) is 1.53. The van der Waals surface area contributed by atoms with Crippen molar-refractivity contribution in [2.24, 2.45) is 0 Å². The highest BCUT2D eigenvalue weighted by atomic mass is 19.4. The number of amides is 1. The van der Waals surface area contributed by atoms with Gasteiger partial charge in [0.15, 0.2) is 0 Å². The second-order valence-electron chi connectivity index (χ2n) is 4.35. The Labute approximate surface area is 125 Å². The van der Waals surface area contributed by atoms with Crippen molar-refractivity contribution in [1.29, 1.82) is 0 Å². The maximum absolute atomic E-state index is 13.4. The van der Waals surface area contributed by atoms with Crippen molar-refractivity contribution >= 4 is 11.9 Å². The third-order valence-corrected chi connectivity index (χ3v) is 2.61. The topological polar surface area (TPSA) is 64.6 Å². The van der Waals surface area contributed by atoms with Gasteiger partial charge in [-0.2, -0.15) is 13.2 Å². The van der Waals surface area contributed by atoms with Gasteiger partial charge in [0, 0.05) is 6.92 Å². The van der Waals surface area contributed by atoms with Crippen molar-refractivity contribution in [2.75, 3.05) is 6.61 Å².